The molecule has 1 atom stereocenters. The van der Waals surface area contributed by atoms with Crippen molar-refractivity contribution in [1.29, 1.82) is 0 Å². The first-order valence-corrected chi connectivity index (χ1v) is 6.84. The summed E-state index contributed by atoms with van der Waals surface area (Å²) in [6.45, 7) is 2.95. The van der Waals surface area contributed by atoms with Crippen molar-refractivity contribution < 1.29 is 14.7 Å². The maximum absolute atomic E-state index is 11.4. The van der Waals surface area contributed by atoms with Gasteiger partial charge in [-0.15, -0.1) is 0 Å². The van der Waals surface area contributed by atoms with Crippen molar-refractivity contribution in [2.75, 3.05) is 13.1 Å². The van der Waals surface area contributed by atoms with Gasteiger partial charge in [0.05, 0.1) is 5.92 Å². The Morgan fingerprint density at radius 1 is 1.28 bits per heavy atom. The Hall–Kier alpha value is -1.26. The van der Waals surface area contributed by atoms with Crippen LogP contribution in [0.3, 0.4) is 0 Å². The fourth-order valence-corrected chi connectivity index (χ4v) is 1.97. The summed E-state index contributed by atoms with van der Waals surface area (Å²) in [4.78, 5) is 21.9. The number of carboxylic acid groups (broad SMARTS) is 1. The topological polar surface area (TPSA) is 78.4 Å². The molecule has 104 valence electrons. The highest BCUT2D eigenvalue weighted by Gasteiger charge is 2.16. The lowest BCUT2D eigenvalue weighted by molar-refractivity contribution is -0.141. The molecule has 5 heteroatoms. The average Bonchev–Trinajstić information content (AvgIpc) is 2.27. The van der Waals surface area contributed by atoms with Gasteiger partial charge in [-0.3, -0.25) is 4.79 Å². The molecule has 0 aromatic rings. The molecule has 0 spiro atoms. The maximum atomic E-state index is 11.4. The van der Waals surface area contributed by atoms with Crippen LogP contribution >= 0.6 is 0 Å². The van der Waals surface area contributed by atoms with E-state index in [1.165, 1.54) is 19.3 Å². The van der Waals surface area contributed by atoms with Gasteiger partial charge < -0.3 is 15.7 Å². The molecule has 1 saturated carbocycles. The number of hydrogen-bond donors (Lipinski definition) is 3. The number of rotatable bonds is 8. The zero-order chi connectivity index (χ0) is 13.4. The second-order valence-corrected chi connectivity index (χ2v) is 5.15. The van der Waals surface area contributed by atoms with E-state index in [0.717, 1.165) is 18.9 Å². The molecule has 2 amide bonds. The zero-order valence-corrected chi connectivity index (χ0v) is 11.1. The molecule has 0 heterocycles. The molecule has 3 N–H and O–H groups in total. The highest BCUT2D eigenvalue weighted by Crippen LogP contribution is 2.28. The predicted octanol–water partition coefficient (Wildman–Crippen LogP) is 1.98. The molecule has 0 aliphatic heterocycles. The third-order valence-corrected chi connectivity index (χ3v) is 3.58. The molecule has 0 aromatic carbocycles. The van der Waals surface area contributed by atoms with Gasteiger partial charge in [0.25, 0.3) is 0 Å². The van der Waals surface area contributed by atoms with Crippen LogP contribution in [0.5, 0.6) is 0 Å². The summed E-state index contributed by atoms with van der Waals surface area (Å²) < 4.78 is 0. The minimum Gasteiger partial charge on any atom is -0.481 e. The van der Waals surface area contributed by atoms with E-state index in [1.54, 1.807) is 6.92 Å². The zero-order valence-electron chi connectivity index (χ0n) is 11.1. The van der Waals surface area contributed by atoms with Gasteiger partial charge in [0, 0.05) is 13.1 Å². The third kappa shape index (κ3) is 5.89. The quantitative estimate of drug-likeness (QED) is 0.581. The van der Waals surface area contributed by atoms with Crippen molar-refractivity contribution in [3.63, 3.8) is 0 Å². The third-order valence-electron chi connectivity index (χ3n) is 3.58. The van der Waals surface area contributed by atoms with Gasteiger partial charge in [0.15, 0.2) is 0 Å². The standard InChI is InChI=1S/C13H24N2O3/c1-10(12(16)17)4-3-8-14-13(18)15-9-7-11-5-2-6-11/h10-11H,2-9H2,1H3,(H,16,17)(H2,14,15,18). The van der Waals surface area contributed by atoms with Gasteiger partial charge in [-0.2, -0.15) is 0 Å². The van der Waals surface area contributed by atoms with Crippen LogP contribution in [0.2, 0.25) is 0 Å². The van der Waals surface area contributed by atoms with Crippen molar-refractivity contribution in [2.24, 2.45) is 11.8 Å². The molecule has 1 aliphatic carbocycles. The average molecular weight is 256 g/mol. The Kier molecular flexibility index (Phi) is 6.54. The van der Waals surface area contributed by atoms with Crippen molar-refractivity contribution in [3.05, 3.63) is 0 Å². The first kappa shape index (κ1) is 14.8. The van der Waals surface area contributed by atoms with Crippen LogP contribution in [0.4, 0.5) is 4.79 Å². The van der Waals surface area contributed by atoms with Crippen molar-refractivity contribution in [3.8, 4) is 0 Å². The molecule has 1 aliphatic rings. The lowest BCUT2D eigenvalue weighted by Crippen LogP contribution is -2.37. The number of amides is 2. The molecule has 1 fully saturated rings. The van der Waals surface area contributed by atoms with Crippen molar-refractivity contribution >= 4 is 12.0 Å². The van der Waals surface area contributed by atoms with E-state index in [4.69, 9.17) is 5.11 Å². The predicted molar refractivity (Wildman–Crippen MR) is 69.4 cm³/mol. The minimum absolute atomic E-state index is 0.141. The van der Waals surface area contributed by atoms with Gasteiger partial charge in [-0.05, 0) is 25.2 Å². The number of carboxylic acids is 1. The highest BCUT2D eigenvalue weighted by molar-refractivity contribution is 5.73. The Balaban J connectivity index is 1.91. The largest absolute Gasteiger partial charge is 0.481 e. The number of urea groups is 1. The van der Waals surface area contributed by atoms with E-state index in [1.807, 2.05) is 0 Å². The van der Waals surface area contributed by atoms with Crippen LogP contribution < -0.4 is 10.6 Å². The molecule has 0 bridgehead atoms. The number of hydrogen-bond acceptors (Lipinski definition) is 2. The summed E-state index contributed by atoms with van der Waals surface area (Å²) in [5, 5.41) is 14.3. The Morgan fingerprint density at radius 2 is 1.94 bits per heavy atom. The molecule has 18 heavy (non-hydrogen) atoms. The Bertz CT molecular complexity index is 277. The van der Waals surface area contributed by atoms with E-state index < -0.39 is 5.97 Å². The summed E-state index contributed by atoms with van der Waals surface area (Å²) in [5.41, 5.74) is 0. The lowest BCUT2D eigenvalue weighted by Gasteiger charge is -2.25. The van der Waals surface area contributed by atoms with Crippen molar-refractivity contribution in [1.82, 2.24) is 10.6 Å². The molecular formula is C13H24N2O3. The maximum Gasteiger partial charge on any atom is 0.314 e. The van der Waals surface area contributed by atoms with Crippen LogP contribution in [0.25, 0.3) is 0 Å². The second kappa shape index (κ2) is 7.95. The van der Waals surface area contributed by atoms with Gasteiger partial charge in [-0.1, -0.05) is 26.2 Å². The SMILES string of the molecule is CC(CCCNC(=O)NCCC1CCC1)C(=O)O. The fraction of sp³-hybridized carbons (Fsp3) is 0.846. The van der Waals surface area contributed by atoms with E-state index in [9.17, 15) is 9.59 Å². The number of carbonyl (C=O) groups is 2. The van der Waals surface area contributed by atoms with Crippen LogP contribution in [0.15, 0.2) is 0 Å². The van der Waals surface area contributed by atoms with E-state index in [2.05, 4.69) is 10.6 Å². The smallest absolute Gasteiger partial charge is 0.314 e. The summed E-state index contributed by atoms with van der Waals surface area (Å²) in [5.74, 6) is -0.310. The summed E-state index contributed by atoms with van der Waals surface area (Å²) >= 11 is 0. The molecular weight excluding hydrogens is 232 g/mol. The van der Waals surface area contributed by atoms with Gasteiger partial charge in [-0.25, -0.2) is 4.79 Å². The fourth-order valence-electron chi connectivity index (χ4n) is 1.97. The van der Waals surface area contributed by atoms with E-state index in [-0.39, 0.29) is 11.9 Å². The van der Waals surface area contributed by atoms with Gasteiger partial charge in [0.1, 0.15) is 0 Å². The molecule has 0 radical (unpaired) electrons. The summed E-state index contributed by atoms with van der Waals surface area (Å²) in [6, 6.07) is -0.141. The monoisotopic (exact) mass is 256 g/mol. The lowest BCUT2D eigenvalue weighted by atomic mass is 9.83. The molecule has 0 aromatic heterocycles. The minimum atomic E-state index is -0.778. The Morgan fingerprint density at radius 3 is 2.50 bits per heavy atom. The summed E-state index contributed by atoms with van der Waals surface area (Å²) in [7, 11) is 0. The van der Waals surface area contributed by atoms with Crippen LogP contribution in [-0.4, -0.2) is 30.2 Å². The molecule has 0 saturated heterocycles. The van der Waals surface area contributed by atoms with Crippen LogP contribution in [-0.2, 0) is 4.79 Å². The van der Waals surface area contributed by atoms with Crippen LogP contribution in [0.1, 0.15) is 45.4 Å². The van der Waals surface area contributed by atoms with E-state index in [0.29, 0.717) is 19.4 Å². The Labute approximate surface area is 108 Å². The normalized spacial score (nSPS) is 16.7. The number of aliphatic carboxylic acids is 1. The first-order valence-electron chi connectivity index (χ1n) is 6.84. The van der Waals surface area contributed by atoms with Crippen molar-refractivity contribution in [2.45, 2.75) is 45.4 Å². The first-order chi connectivity index (χ1) is 8.59. The van der Waals surface area contributed by atoms with Crippen LogP contribution in [0, 0.1) is 11.8 Å². The molecule has 1 unspecified atom stereocenters. The second-order valence-electron chi connectivity index (χ2n) is 5.15. The molecule has 1 rings (SSSR count). The molecule has 5 nitrogen and oxygen atoms in total. The van der Waals surface area contributed by atoms with Gasteiger partial charge >= 0.3 is 12.0 Å². The van der Waals surface area contributed by atoms with E-state index >= 15 is 0 Å². The number of nitrogens with one attached hydrogen (secondary N) is 2. The number of carbonyl (C=O) groups excluding carboxylic acids is 1. The summed E-state index contributed by atoms with van der Waals surface area (Å²) in [6.07, 6.45) is 6.30. The highest BCUT2D eigenvalue weighted by atomic mass is 16.4. The van der Waals surface area contributed by atoms with Gasteiger partial charge in [0.2, 0.25) is 0 Å².